The Hall–Kier alpha value is -2.92. The number of ketones is 1. The molecular weight excluding hydrogens is 349 g/mol. The van der Waals surface area contributed by atoms with Crippen LogP contribution in [0.2, 0.25) is 0 Å². The number of hydrogen-bond acceptors (Lipinski definition) is 3. The van der Waals surface area contributed by atoms with Crippen LogP contribution >= 0.6 is 11.8 Å². The van der Waals surface area contributed by atoms with Crippen LogP contribution in [0.5, 0.6) is 0 Å². The summed E-state index contributed by atoms with van der Waals surface area (Å²) in [6.07, 6.45) is 1.96. The highest BCUT2D eigenvalue weighted by atomic mass is 32.2. The third-order valence-electron chi connectivity index (χ3n) is 3.85. The van der Waals surface area contributed by atoms with Gasteiger partial charge in [-0.3, -0.25) is 9.59 Å². The van der Waals surface area contributed by atoms with E-state index < -0.39 is 5.82 Å². The van der Waals surface area contributed by atoms with Crippen molar-refractivity contribution in [3.05, 3.63) is 95.3 Å². The molecule has 0 atom stereocenters. The first kappa shape index (κ1) is 17.9. The summed E-state index contributed by atoms with van der Waals surface area (Å²) >= 11 is 1.58. The molecule has 0 saturated heterocycles. The number of thioether (sulfide) groups is 1. The van der Waals surface area contributed by atoms with Crippen molar-refractivity contribution in [2.75, 3.05) is 11.6 Å². The summed E-state index contributed by atoms with van der Waals surface area (Å²) in [5, 5.41) is 2.82. The Morgan fingerprint density at radius 3 is 2.27 bits per heavy atom. The first-order chi connectivity index (χ1) is 12.6. The zero-order chi connectivity index (χ0) is 18.5. The minimum absolute atomic E-state index is 0.274. The van der Waals surface area contributed by atoms with E-state index in [1.165, 1.54) is 24.3 Å². The van der Waals surface area contributed by atoms with E-state index in [9.17, 15) is 14.0 Å². The van der Waals surface area contributed by atoms with Gasteiger partial charge in [-0.1, -0.05) is 24.3 Å². The van der Waals surface area contributed by atoms with Crippen molar-refractivity contribution in [2.45, 2.75) is 4.90 Å². The zero-order valence-electron chi connectivity index (χ0n) is 14.0. The van der Waals surface area contributed by atoms with E-state index in [2.05, 4.69) is 5.32 Å². The maximum Gasteiger partial charge on any atom is 0.256 e. The maximum absolute atomic E-state index is 13.1. The molecule has 1 amide bonds. The van der Waals surface area contributed by atoms with Crippen molar-refractivity contribution < 1.29 is 14.0 Å². The molecule has 0 radical (unpaired) electrons. The van der Waals surface area contributed by atoms with Crippen LogP contribution in [0, 0.1) is 5.82 Å². The highest BCUT2D eigenvalue weighted by Crippen LogP contribution is 2.21. The van der Waals surface area contributed by atoms with Crippen molar-refractivity contribution in [3.8, 4) is 0 Å². The van der Waals surface area contributed by atoms with Gasteiger partial charge in [0.1, 0.15) is 5.82 Å². The largest absolute Gasteiger partial charge is 0.322 e. The Kier molecular flexibility index (Phi) is 5.49. The van der Waals surface area contributed by atoms with Gasteiger partial charge in [0.05, 0.1) is 5.56 Å². The van der Waals surface area contributed by atoms with Crippen LogP contribution in [0.4, 0.5) is 10.1 Å². The first-order valence-corrected chi connectivity index (χ1v) is 9.15. The second kappa shape index (κ2) is 7.97. The molecule has 0 aliphatic rings. The van der Waals surface area contributed by atoms with Gasteiger partial charge in [0.2, 0.25) is 0 Å². The second-order valence-electron chi connectivity index (χ2n) is 5.57. The van der Waals surface area contributed by atoms with Gasteiger partial charge < -0.3 is 5.32 Å². The number of nitrogens with one attached hydrogen (secondary N) is 1. The third-order valence-corrected chi connectivity index (χ3v) is 4.58. The summed E-state index contributed by atoms with van der Waals surface area (Å²) in [6.45, 7) is 0. The number of anilines is 1. The van der Waals surface area contributed by atoms with E-state index in [4.69, 9.17) is 0 Å². The van der Waals surface area contributed by atoms with Crippen molar-refractivity contribution in [3.63, 3.8) is 0 Å². The van der Waals surface area contributed by atoms with Gasteiger partial charge in [0.25, 0.3) is 5.91 Å². The Morgan fingerprint density at radius 2 is 1.58 bits per heavy atom. The number of halogens is 1. The summed E-state index contributed by atoms with van der Waals surface area (Å²) in [4.78, 5) is 26.5. The fourth-order valence-electron chi connectivity index (χ4n) is 2.54. The lowest BCUT2D eigenvalue weighted by Gasteiger charge is -2.10. The molecule has 3 aromatic carbocycles. The Balaban J connectivity index is 1.89. The predicted molar refractivity (Wildman–Crippen MR) is 102 cm³/mol. The number of amides is 1. The van der Waals surface area contributed by atoms with Crippen LogP contribution < -0.4 is 5.32 Å². The topological polar surface area (TPSA) is 46.2 Å². The second-order valence-corrected chi connectivity index (χ2v) is 6.45. The van der Waals surface area contributed by atoms with E-state index in [0.29, 0.717) is 11.3 Å². The summed E-state index contributed by atoms with van der Waals surface area (Å²) in [7, 11) is 0. The molecule has 130 valence electrons. The van der Waals surface area contributed by atoms with Crippen LogP contribution in [-0.4, -0.2) is 17.9 Å². The molecule has 0 aliphatic carbocycles. The average molecular weight is 365 g/mol. The molecular formula is C21H16FNO2S. The summed E-state index contributed by atoms with van der Waals surface area (Å²) in [6, 6.07) is 19.3. The molecule has 0 spiro atoms. The van der Waals surface area contributed by atoms with E-state index >= 15 is 0 Å². The Morgan fingerprint density at radius 1 is 0.885 bits per heavy atom. The minimum Gasteiger partial charge on any atom is -0.322 e. The van der Waals surface area contributed by atoms with Crippen molar-refractivity contribution in [2.24, 2.45) is 0 Å². The van der Waals surface area contributed by atoms with Gasteiger partial charge in [-0.15, -0.1) is 11.8 Å². The number of benzene rings is 3. The molecule has 26 heavy (non-hydrogen) atoms. The summed E-state index contributed by atoms with van der Waals surface area (Å²) in [5.41, 5.74) is 1.54. The van der Waals surface area contributed by atoms with Crippen molar-refractivity contribution >= 4 is 29.1 Å². The van der Waals surface area contributed by atoms with Crippen LogP contribution in [0.3, 0.4) is 0 Å². The molecule has 1 N–H and O–H groups in total. The molecule has 3 aromatic rings. The van der Waals surface area contributed by atoms with E-state index in [-0.39, 0.29) is 22.8 Å². The Labute approximate surface area is 155 Å². The van der Waals surface area contributed by atoms with Gasteiger partial charge in [0, 0.05) is 21.7 Å². The molecule has 0 unspecified atom stereocenters. The number of carbonyl (C=O) groups excluding carboxylic acids is 2. The summed E-state index contributed by atoms with van der Waals surface area (Å²) < 4.78 is 13.1. The minimum atomic E-state index is -0.416. The van der Waals surface area contributed by atoms with Crippen LogP contribution in [0.25, 0.3) is 0 Å². The van der Waals surface area contributed by atoms with Crippen LogP contribution in [0.1, 0.15) is 26.3 Å². The third kappa shape index (κ3) is 4.00. The summed E-state index contributed by atoms with van der Waals surface area (Å²) in [5.74, 6) is -1.11. The van der Waals surface area contributed by atoms with Gasteiger partial charge >= 0.3 is 0 Å². The van der Waals surface area contributed by atoms with Crippen LogP contribution in [0.15, 0.2) is 77.7 Å². The smallest absolute Gasteiger partial charge is 0.256 e. The van der Waals surface area contributed by atoms with Gasteiger partial charge in [-0.2, -0.15) is 0 Å². The van der Waals surface area contributed by atoms with E-state index in [1.807, 2.05) is 24.5 Å². The molecule has 3 rings (SSSR count). The van der Waals surface area contributed by atoms with Gasteiger partial charge in [-0.05, 0) is 54.8 Å². The SMILES string of the molecule is CSc1cccc(NC(=O)c2ccccc2C(=O)c2ccc(F)cc2)c1. The van der Waals surface area contributed by atoms with Gasteiger partial charge in [0.15, 0.2) is 5.78 Å². The molecule has 0 bridgehead atoms. The highest BCUT2D eigenvalue weighted by molar-refractivity contribution is 7.98. The fraction of sp³-hybridized carbons (Fsp3) is 0.0476. The number of rotatable bonds is 5. The lowest BCUT2D eigenvalue weighted by atomic mass is 9.98. The maximum atomic E-state index is 13.1. The monoisotopic (exact) mass is 365 g/mol. The Bertz CT molecular complexity index is 954. The quantitative estimate of drug-likeness (QED) is 0.509. The molecule has 5 heteroatoms. The highest BCUT2D eigenvalue weighted by Gasteiger charge is 2.18. The lowest BCUT2D eigenvalue weighted by molar-refractivity contribution is 0.0996. The molecule has 3 nitrogen and oxygen atoms in total. The van der Waals surface area contributed by atoms with E-state index in [1.54, 1.807) is 42.1 Å². The van der Waals surface area contributed by atoms with E-state index in [0.717, 1.165) is 4.90 Å². The van der Waals surface area contributed by atoms with Crippen molar-refractivity contribution in [1.82, 2.24) is 0 Å². The first-order valence-electron chi connectivity index (χ1n) is 7.93. The lowest BCUT2D eigenvalue weighted by Crippen LogP contribution is -2.17. The zero-order valence-corrected chi connectivity index (χ0v) is 14.8. The van der Waals surface area contributed by atoms with Gasteiger partial charge in [-0.25, -0.2) is 4.39 Å². The molecule has 0 aromatic heterocycles. The predicted octanol–water partition coefficient (Wildman–Crippen LogP) is 5.03. The molecule has 0 aliphatic heterocycles. The van der Waals surface area contributed by atoms with Crippen LogP contribution in [-0.2, 0) is 0 Å². The average Bonchev–Trinajstić information content (AvgIpc) is 2.68. The molecule has 0 saturated carbocycles. The number of hydrogen-bond donors (Lipinski definition) is 1. The molecule has 0 fully saturated rings. The standard InChI is InChI=1S/C21H16FNO2S/c1-26-17-6-4-5-16(13-17)23-21(25)19-8-3-2-7-18(19)20(24)14-9-11-15(22)12-10-14/h2-13H,1H3,(H,23,25). The fourth-order valence-corrected chi connectivity index (χ4v) is 2.99. The number of carbonyl (C=O) groups is 2. The normalized spacial score (nSPS) is 10.4. The molecule has 0 heterocycles. The van der Waals surface area contributed by atoms with Crippen molar-refractivity contribution in [1.29, 1.82) is 0 Å².